The average molecular weight is 258 g/mol. The van der Waals surface area contributed by atoms with Gasteiger partial charge < -0.3 is 5.32 Å². The van der Waals surface area contributed by atoms with Crippen LogP contribution < -0.4 is 5.32 Å². The first-order chi connectivity index (χ1) is 7.25. The lowest BCUT2D eigenvalue weighted by atomic mass is 10.2. The van der Waals surface area contributed by atoms with Crippen LogP contribution in [0.4, 0.5) is 5.13 Å². The van der Waals surface area contributed by atoms with Crippen molar-refractivity contribution in [1.29, 1.82) is 0 Å². The number of hydrogen-bond donors (Lipinski definition) is 2. The minimum Gasteiger partial charge on any atom is -0.359 e. The van der Waals surface area contributed by atoms with Crippen molar-refractivity contribution in [3.8, 4) is 0 Å². The van der Waals surface area contributed by atoms with Gasteiger partial charge in [-0.05, 0) is 12.2 Å². The van der Waals surface area contributed by atoms with Crippen LogP contribution in [0.15, 0.2) is 11.6 Å². The van der Waals surface area contributed by atoms with E-state index >= 15 is 0 Å². The molecule has 2 rings (SSSR count). The van der Waals surface area contributed by atoms with Gasteiger partial charge in [-0.15, -0.1) is 16.4 Å². The molecule has 0 bridgehead atoms. The Bertz CT molecular complexity index is 458. The number of nitrogens with zero attached hydrogens (tertiary/aromatic N) is 2. The zero-order valence-corrected chi connectivity index (χ0v) is 10.5. The molecule has 0 amide bonds. The summed E-state index contributed by atoms with van der Waals surface area (Å²) in [7, 11) is 0. The van der Waals surface area contributed by atoms with Gasteiger partial charge in [0.1, 0.15) is 0 Å². The fraction of sp³-hybridized carbons (Fsp3) is 0.375. The summed E-state index contributed by atoms with van der Waals surface area (Å²) in [6.45, 7) is 2.96. The number of aromatic amines is 1. The van der Waals surface area contributed by atoms with Gasteiger partial charge in [-0.2, -0.15) is 0 Å². The summed E-state index contributed by atoms with van der Waals surface area (Å²) in [6.07, 6.45) is 1.83. The smallest absolute Gasteiger partial charge is 0.204 e. The average Bonchev–Trinajstić information content (AvgIpc) is 2.84. The predicted octanol–water partition coefficient (Wildman–Crippen LogP) is 2.87. The molecule has 2 aromatic rings. The molecule has 2 N–H and O–H groups in total. The molecule has 0 aromatic carbocycles. The molecule has 0 saturated heterocycles. The van der Waals surface area contributed by atoms with Gasteiger partial charge in [0.2, 0.25) is 5.13 Å². The molecular weight excluding hydrogens is 248 g/mol. The number of H-pyrrole nitrogens is 1. The number of thiazole rings is 1. The van der Waals surface area contributed by atoms with Gasteiger partial charge in [0, 0.05) is 24.0 Å². The molecule has 1 atom stereocenters. The maximum atomic E-state index is 4.94. The van der Waals surface area contributed by atoms with Crippen molar-refractivity contribution in [2.24, 2.45) is 0 Å². The predicted molar refractivity (Wildman–Crippen MR) is 66.3 cm³/mol. The van der Waals surface area contributed by atoms with E-state index in [1.54, 1.807) is 11.3 Å². The molecule has 0 aliphatic rings. The van der Waals surface area contributed by atoms with Crippen LogP contribution in [-0.4, -0.2) is 21.7 Å². The van der Waals surface area contributed by atoms with Crippen molar-refractivity contribution in [3.05, 3.63) is 20.5 Å². The third kappa shape index (κ3) is 2.83. The summed E-state index contributed by atoms with van der Waals surface area (Å²) in [6, 6.07) is 0. The largest absolute Gasteiger partial charge is 0.359 e. The van der Waals surface area contributed by atoms with Crippen LogP contribution in [-0.2, 0) is 0 Å². The van der Waals surface area contributed by atoms with E-state index in [4.69, 9.17) is 12.2 Å². The summed E-state index contributed by atoms with van der Waals surface area (Å²) in [5.74, 6) is 0.391. The van der Waals surface area contributed by atoms with E-state index < -0.39 is 0 Å². The molecule has 2 heterocycles. The Balaban J connectivity index is 1.91. The maximum absolute atomic E-state index is 4.94. The molecule has 4 nitrogen and oxygen atoms in total. The Morgan fingerprint density at radius 3 is 3.13 bits per heavy atom. The van der Waals surface area contributed by atoms with E-state index in [2.05, 4.69) is 27.4 Å². The van der Waals surface area contributed by atoms with Crippen LogP contribution in [0.5, 0.6) is 0 Å². The van der Waals surface area contributed by atoms with E-state index in [-0.39, 0.29) is 0 Å². The minimum atomic E-state index is 0.391. The Labute approximate surface area is 100 Å². The normalized spacial score (nSPS) is 12.6. The van der Waals surface area contributed by atoms with E-state index in [9.17, 15) is 0 Å². The van der Waals surface area contributed by atoms with Gasteiger partial charge in [-0.3, -0.25) is 5.10 Å². The topological polar surface area (TPSA) is 53.6 Å². The second kappa shape index (κ2) is 4.82. The Morgan fingerprint density at radius 1 is 1.67 bits per heavy atom. The zero-order valence-electron chi connectivity index (χ0n) is 8.06. The van der Waals surface area contributed by atoms with Crippen LogP contribution in [0.3, 0.4) is 0 Å². The first-order valence-electron chi connectivity index (χ1n) is 4.44. The highest BCUT2D eigenvalue weighted by Crippen LogP contribution is 2.19. The summed E-state index contributed by atoms with van der Waals surface area (Å²) in [5, 5.41) is 14.0. The Hall–Kier alpha value is -0.790. The SMILES string of the molecule is CC(CNc1n[nH]c(=S)s1)c1nccs1. The van der Waals surface area contributed by atoms with Gasteiger partial charge in [0.15, 0.2) is 3.95 Å². The molecule has 0 aliphatic carbocycles. The van der Waals surface area contributed by atoms with E-state index in [0.717, 1.165) is 16.7 Å². The summed E-state index contributed by atoms with van der Waals surface area (Å²) in [4.78, 5) is 4.27. The molecule has 0 spiro atoms. The van der Waals surface area contributed by atoms with Gasteiger partial charge in [0.05, 0.1) is 5.01 Å². The standard InChI is InChI=1S/C8H10N4S3/c1-5(6-9-2-3-14-6)4-10-7-11-12-8(13)15-7/h2-3,5H,4H2,1H3,(H,10,11)(H,12,13). The monoisotopic (exact) mass is 258 g/mol. The van der Waals surface area contributed by atoms with Gasteiger partial charge in [0.25, 0.3) is 0 Å². The quantitative estimate of drug-likeness (QED) is 0.828. The first kappa shape index (κ1) is 10.7. The van der Waals surface area contributed by atoms with Crippen LogP contribution in [0.2, 0.25) is 0 Å². The van der Waals surface area contributed by atoms with Crippen LogP contribution in [0, 0.1) is 3.95 Å². The fourth-order valence-electron chi connectivity index (χ4n) is 1.11. The van der Waals surface area contributed by atoms with Crippen molar-refractivity contribution in [3.63, 3.8) is 0 Å². The lowest BCUT2D eigenvalue weighted by Crippen LogP contribution is -2.09. The first-order valence-corrected chi connectivity index (χ1v) is 6.55. The fourth-order valence-corrected chi connectivity index (χ4v) is 2.61. The summed E-state index contributed by atoms with van der Waals surface area (Å²) in [5.41, 5.74) is 0. The molecule has 0 radical (unpaired) electrons. The lowest BCUT2D eigenvalue weighted by molar-refractivity contribution is 0.792. The van der Waals surface area contributed by atoms with Gasteiger partial charge in [-0.1, -0.05) is 18.3 Å². The number of anilines is 1. The number of rotatable bonds is 4. The van der Waals surface area contributed by atoms with E-state index in [1.807, 2.05) is 11.6 Å². The van der Waals surface area contributed by atoms with E-state index in [1.165, 1.54) is 11.3 Å². The van der Waals surface area contributed by atoms with Crippen LogP contribution in [0.1, 0.15) is 17.8 Å². The van der Waals surface area contributed by atoms with Crippen LogP contribution >= 0.6 is 34.9 Å². The maximum Gasteiger partial charge on any atom is 0.204 e. The molecule has 0 fully saturated rings. The summed E-state index contributed by atoms with van der Waals surface area (Å²) >= 11 is 8.06. The molecular formula is C8H10N4S3. The van der Waals surface area contributed by atoms with Gasteiger partial charge in [-0.25, -0.2) is 4.98 Å². The van der Waals surface area contributed by atoms with Crippen molar-refractivity contribution in [1.82, 2.24) is 15.2 Å². The molecule has 0 aliphatic heterocycles. The summed E-state index contributed by atoms with van der Waals surface area (Å²) < 4.78 is 0.694. The third-order valence-electron chi connectivity index (χ3n) is 1.87. The minimum absolute atomic E-state index is 0.391. The molecule has 7 heteroatoms. The Morgan fingerprint density at radius 2 is 2.53 bits per heavy atom. The van der Waals surface area contributed by atoms with E-state index in [0.29, 0.717) is 9.87 Å². The molecule has 0 saturated carbocycles. The lowest BCUT2D eigenvalue weighted by Gasteiger charge is -2.07. The zero-order chi connectivity index (χ0) is 10.7. The molecule has 80 valence electrons. The van der Waals surface area contributed by atoms with Crippen molar-refractivity contribution in [2.45, 2.75) is 12.8 Å². The van der Waals surface area contributed by atoms with Crippen LogP contribution in [0.25, 0.3) is 0 Å². The third-order valence-corrected chi connectivity index (χ3v) is 3.92. The Kier molecular flexibility index (Phi) is 3.45. The molecule has 1 unspecified atom stereocenters. The second-order valence-electron chi connectivity index (χ2n) is 3.07. The van der Waals surface area contributed by atoms with Crippen molar-refractivity contribution >= 4 is 40.0 Å². The second-order valence-corrected chi connectivity index (χ2v) is 5.66. The molecule has 15 heavy (non-hydrogen) atoms. The van der Waals surface area contributed by atoms with Crippen molar-refractivity contribution < 1.29 is 0 Å². The highest BCUT2D eigenvalue weighted by atomic mass is 32.1. The highest BCUT2D eigenvalue weighted by molar-refractivity contribution is 7.73. The highest BCUT2D eigenvalue weighted by Gasteiger charge is 2.08. The number of aromatic nitrogens is 3. The van der Waals surface area contributed by atoms with Gasteiger partial charge >= 0.3 is 0 Å². The number of hydrogen-bond acceptors (Lipinski definition) is 6. The van der Waals surface area contributed by atoms with Crippen molar-refractivity contribution in [2.75, 3.05) is 11.9 Å². The molecule has 2 aromatic heterocycles. The number of nitrogens with one attached hydrogen (secondary N) is 2.